The molecule has 1 aromatic carbocycles. The molecule has 0 radical (unpaired) electrons. The standard InChI is InChI=1S/C21H19F3N4O3/c1-3-17(29)31-21-18(20(25)30)11(2)27-28(21)16-9-12(4-5-26-16)6-13-7-14(19(23)24)10-15(22)8-13/h4-5,7-10,19H,3,6H2,1-2H3,(H2,25,30). The Morgan fingerprint density at radius 1 is 1.19 bits per heavy atom. The quantitative estimate of drug-likeness (QED) is 0.575. The van der Waals surface area contributed by atoms with E-state index in [1.807, 2.05) is 0 Å². The summed E-state index contributed by atoms with van der Waals surface area (Å²) in [5.74, 6) is -2.13. The Balaban J connectivity index is 2.01. The Morgan fingerprint density at radius 3 is 2.58 bits per heavy atom. The minimum Gasteiger partial charge on any atom is -0.406 e. The van der Waals surface area contributed by atoms with E-state index < -0.39 is 29.7 Å². The summed E-state index contributed by atoms with van der Waals surface area (Å²) in [5.41, 5.74) is 6.14. The number of aromatic nitrogens is 3. The number of amides is 1. The van der Waals surface area contributed by atoms with Gasteiger partial charge in [-0.15, -0.1) is 0 Å². The molecule has 2 heterocycles. The van der Waals surface area contributed by atoms with Gasteiger partial charge in [-0.2, -0.15) is 9.78 Å². The van der Waals surface area contributed by atoms with Crippen LogP contribution in [0.15, 0.2) is 36.5 Å². The van der Waals surface area contributed by atoms with Crippen LogP contribution in [-0.2, 0) is 11.2 Å². The van der Waals surface area contributed by atoms with Crippen LogP contribution in [0.25, 0.3) is 5.82 Å². The molecule has 0 aliphatic heterocycles. The predicted octanol–water partition coefficient (Wildman–Crippen LogP) is 3.66. The van der Waals surface area contributed by atoms with E-state index in [1.165, 1.54) is 29.9 Å². The van der Waals surface area contributed by atoms with Gasteiger partial charge in [-0.25, -0.2) is 18.2 Å². The third kappa shape index (κ3) is 4.90. The van der Waals surface area contributed by atoms with Crippen LogP contribution in [0.1, 0.15) is 52.5 Å². The predicted molar refractivity (Wildman–Crippen MR) is 105 cm³/mol. The topological polar surface area (TPSA) is 100 Å². The van der Waals surface area contributed by atoms with E-state index in [4.69, 9.17) is 10.5 Å². The Hall–Kier alpha value is -3.69. The maximum Gasteiger partial charge on any atom is 0.312 e. The van der Waals surface area contributed by atoms with E-state index >= 15 is 0 Å². The van der Waals surface area contributed by atoms with Gasteiger partial charge in [0, 0.05) is 18.2 Å². The zero-order valence-electron chi connectivity index (χ0n) is 16.7. The molecular weight excluding hydrogens is 413 g/mol. The van der Waals surface area contributed by atoms with Crippen molar-refractivity contribution in [1.82, 2.24) is 14.8 Å². The monoisotopic (exact) mass is 432 g/mol. The first-order chi connectivity index (χ1) is 14.7. The van der Waals surface area contributed by atoms with Gasteiger partial charge in [0.1, 0.15) is 11.4 Å². The largest absolute Gasteiger partial charge is 0.406 e. The van der Waals surface area contributed by atoms with Gasteiger partial charge in [-0.05, 0) is 54.8 Å². The molecule has 0 aliphatic carbocycles. The van der Waals surface area contributed by atoms with Crippen molar-refractivity contribution >= 4 is 11.9 Å². The maximum absolute atomic E-state index is 13.7. The molecule has 0 atom stereocenters. The SMILES string of the molecule is CCC(=O)Oc1c(C(N)=O)c(C)nn1-c1cc(Cc2cc(F)cc(C(F)F)c2)ccn1. The summed E-state index contributed by atoms with van der Waals surface area (Å²) in [4.78, 5) is 27.9. The molecule has 3 rings (SSSR count). The zero-order chi connectivity index (χ0) is 22.7. The van der Waals surface area contributed by atoms with Crippen molar-refractivity contribution < 1.29 is 27.5 Å². The highest BCUT2D eigenvalue weighted by Crippen LogP contribution is 2.27. The molecule has 0 aliphatic rings. The molecular formula is C21H19F3N4O3. The summed E-state index contributed by atoms with van der Waals surface area (Å²) < 4.78 is 46.1. The summed E-state index contributed by atoms with van der Waals surface area (Å²) in [6, 6.07) is 6.38. The summed E-state index contributed by atoms with van der Waals surface area (Å²) in [6.45, 7) is 3.12. The average Bonchev–Trinajstić information content (AvgIpc) is 3.03. The second kappa shape index (κ2) is 8.99. The average molecular weight is 432 g/mol. The number of pyridine rings is 1. The van der Waals surface area contributed by atoms with Crippen molar-refractivity contribution in [3.05, 3.63) is 70.3 Å². The molecule has 0 fully saturated rings. The fraction of sp³-hybridized carbons (Fsp3) is 0.238. The first-order valence-corrected chi connectivity index (χ1v) is 9.32. The molecule has 10 heteroatoms. The van der Waals surface area contributed by atoms with Crippen LogP contribution in [0, 0.1) is 12.7 Å². The number of halogens is 3. The highest BCUT2D eigenvalue weighted by atomic mass is 19.3. The summed E-state index contributed by atoms with van der Waals surface area (Å²) in [6.07, 6.45) is -1.16. The number of aryl methyl sites for hydroxylation is 1. The number of nitrogens with zero attached hydrogens (tertiary/aromatic N) is 3. The Labute approximate surface area is 175 Å². The lowest BCUT2D eigenvalue weighted by Crippen LogP contribution is -2.17. The highest BCUT2D eigenvalue weighted by molar-refractivity contribution is 5.97. The summed E-state index contributed by atoms with van der Waals surface area (Å²) in [5, 5.41) is 4.21. The Morgan fingerprint density at radius 2 is 1.94 bits per heavy atom. The lowest BCUT2D eigenvalue weighted by atomic mass is 10.0. The maximum atomic E-state index is 13.7. The van der Waals surface area contributed by atoms with Gasteiger partial charge in [0.15, 0.2) is 5.82 Å². The molecule has 0 saturated heterocycles. The second-order valence-electron chi connectivity index (χ2n) is 6.76. The number of hydrogen-bond acceptors (Lipinski definition) is 5. The van der Waals surface area contributed by atoms with Crippen molar-refractivity contribution in [2.75, 3.05) is 0 Å². The molecule has 162 valence electrons. The van der Waals surface area contributed by atoms with Gasteiger partial charge >= 0.3 is 5.97 Å². The van der Waals surface area contributed by atoms with Gasteiger partial charge in [0.2, 0.25) is 5.88 Å². The molecule has 1 amide bonds. The number of hydrogen-bond donors (Lipinski definition) is 1. The van der Waals surface area contributed by atoms with Gasteiger partial charge in [0.25, 0.3) is 12.3 Å². The number of nitrogens with two attached hydrogens (primary N) is 1. The number of rotatable bonds is 7. The van der Waals surface area contributed by atoms with E-state index in [9.17, 15) is 22.8 Å². The van der Waals surface area contributed by atoms with Crippen LogP contribution in [-0.4, -0.2) is 26.6 Å². The normalized spacial score (nSPS) is 11.0. The number of benzene rings is 1. The van der Waals surface area contributed by atoms with Crippen LogP contribution >= 0.6 is 0 Å². The first-order valence-electron chi connectivity index (χ1n) is 9.32. The summed E-state index contributed by atoms with van der Waals surface area (Å²) >= 11 is 0. The van der Waals surface area contributed by atoms with E-state index in [1.54, 1.807) is 19.1 Å². The minimum absolute atomic E-state index is 0.0549. The lowest BCUT2D eigenvalue weighted by Gasteiger charge is -2.10. The fourth-order valence-electron chi connectivity index (χ4n) is 3.04. The van der Waals surface area contributed by atoms with Gasteiger partial charge in [0.05, 0.1) is 5.69 Å². The third-order valence-electron chi connectivity index (χ3n) is 4.43. The number of ether oxygens (including phenoxy) is 1. The van der Waals surface area contributed by atoms with Gasteiger partial charge < -0.3 is 10.5 Å². The highest BCUT2D eigenvalue weighted by Gasteiger charge is 2.24. The van der Waals surface area contributed by atoms with Crippen LogP contribution in [0.3, 0.4) is 0 Å². The molecule has 0 saturated carbocycles. The van der Waals surface area contributed by atoms with Crippen molar-refractivity contribution in [2.45, 2.75) is 33.1 Å². The number of alkyl halides is 2. The first kappa shape index (κ1) is 22.0. The minimum atomic E-state index is -2.79. The molecule has 7 nitrogen and oxygen atoms in total. The molecule has 31 heavy (non-hydrogen) atoms. The number of carbonyl (C=O) groups is 2. The van der Waals surface area contributed by atoms with Crippen molar-refractivity contribution in [3.63, 3.8) is 0 Å². The number of carbonyl (C=O) groups excluding carboxylic acids is 2. The van der Waals surface area contributed by atoms with E-state index in [0.29, 0.717) is 11.1 Å². The molecule has 2 aromatic heterocycles. The summed E-state index contributed by atoms with van der Waals surface area (Å²) in [7, 11) is 0. The smallest absolute Gasteiger partial charge is 0.312 e. The van der Waals surface area contributed by atoms with Crippen molar-refractivity contribution in [2.24, 2.45) is 5.73 Å². The van der Waals surface area contributed by atoms with Crippen LogP contribution in [0.4, 0.5) is 13.2 Å². The molecule has 2 N–H and O–H groups in total. The molecule has 0 spiro atoms. The molecule has 0 bridgehead atoms. The molecule has 3 aromatic rings. The zero-order valence-corrected chi connectivity index (χ0v) is 16.7. The van der Waals surface area contributed by atoms with Crippen LogP contribution in [0.2, 0.25) is 0 Å². The van der Waals surface area contributed by atoms with Crippen molar-refractivity contribution in [3.8, 4) is 11.7 Å². The van der Waals surface area contributed by atoms with E-state index in [0.717, 1.165) is 6.07 Å². The van der Waals surface area contributed by atoms with E-state index in [-0.39, 0.29) is 35.8 Å². The van der Waals surface area contributed by atoms with Gasteiger partial charge in [-0.1, -0.05) is 6.92 Å². The number of primary amides is 1. The fourth-order valence-corrected chi connectivity index (χ4v) is 3.04. The lowest BCUT2D eigenvalue weighted by molar-refractivity contribution is -0.134. The molecule has 0 unspecified atom stereocenters. The van der Waals surface area contributed by atoms with Gasteiger partial charge in [-0.3, -0.25) is 9.59 Å². The van der Waals surface area contributed by atoms with Crippen molar-refractivity contribution in [1.29, 1.82) is 0 Å². The Kier molecular flexibility index (Phi) is 6.38. The van der Waals surface area contributed by atoms with Crippen LogP contribution < -0.4 is 10.5 Å². The second-order valence-corrected chi connectivity index (χ2v) is 6.76. The van der Waals surface area contributed by atoms with E-state index in [2.05, 4.69) is 10.1 Å². The number of esters is 1. The third-order valence-corrected chi connectivity index (χ3v) is 4.43. The Bertz CT molecular complexity index is 1140. The van der Waals surface area contributed by atoms with Crippen LogP contribution in [0.5, 0.6) is 5.88 Å².